The van der Waals surface area contributed by atoms with Crippen molar-refractivity contribution in [1.82, 2.24) is 9.35 Å². The summed E-state index contributed by atoms with van der Waals surface area (Å²) in [5.74, 6) is 0. The van der Waals surface area contributed by atoms with E-state index in [9.17, 15) is 0 Å². The topological polar surface area (TPSA) is 34.6 Å². The zero-order valence-electron chi connectivity index (χ0n) is 31.3. The Morgan fingerprint density at radius 3 is 0.786 bits per heavy atom. The van der Waals surface area contributed by atoms with Gasteiger partial charge in [-0.25, -0.2) is 9.35 Å². The molecule has 0 spiro atoms. The maximum atomic E-state index is 5.46. The third kappa shape index (κ3) is 5.71. The lowest BCUT2D eigenvalue weighted by atomic mass is 10.0. The second kappa shape index (κ2) is 13.8. The zero-order valence-corrected chi connectivity index (χ0v) is 31.3. The van der Waals surface area contributed by atoms with Gasteiger partial charge in [0.15, 0.2) is 0 Å². The Kier molecular flexibility index (Phi) is 8.23. The molecule has 10 rings (SSSR count). The van der Waals surface area contributed by atoms with Gasteiger partial charge in [0.25, 0.3) is 0 Å². The van der Waals surface area contributed by atoms with E-state index >= 15 is 0 Å². The van der Waals surface area contributed by atoms with E-state index in [0.717, 1.165) is 56.5 Å². The van der Waals surface area contributed by atoms with Gasteiger partial charge < -0.3 is 0 Å². The van der Waals surface area contributed by atoms with Crippen LogP contribution in [0.25, 0.3) is 88.1 Å². The fraction of sp³-hybridized carbons (Fsp3) is 0.0385. The average Bonchev–Trinajstić information content (AvgIpc) is 3.86. The van der Waals surface area contributed by atoms with Gasteiger partial charge in [0.2, 0.25) is 0 Å². The molecule has 0 fully saturated rings. The van der Waals surface area contributed by atoms with Gasteiger partial charge in [-0.3, -0.25) is 0 Å². The van der Waals surface area contributed by atoms with Gasteiger partial charge in [0.1, 0.15) is 0 Å². The summed E-state index contributed by atoms with van der Waals surface area (Å²) in [6.07, 6.45) is 0. The molecule has 0 aliphatic rings. The van der Waals surface area contributed by atoms with E-state index in [1.54, 1.807) is 0 Å². The van der Waals surface area contributed by atoms with Gasteiger partial charge in [-0.15, -0.1) is 0 Å². The average molecular weight is 719 g/mol. The van der Waals surface area contributed by atoms with E-state index < -0.39 is 0 Å². The molecule has 0 saturated carbocycles. The van der Waals surface area contributed by atoms with Crippen molar-refractivity contribution < 1.29 is 0 Å². The fourth-order valence-corrected chi connectivity index (χ4v) is 8.13. The minimum atomic E-state index is 0.811. The van der Waals surface area contributed by atoms with E-state index in [4.69, 9.17) is 10.2 Å². The molecule has 266 valence electrons. The molecule has 8 aromatic carbocycles. The molecule has 56 heavy (non-hydrogen) atoms. The van der Waals surface area contributed by atoms with Crippen LogP contribution in [-0.2, 0) is 0 Å². The van der Waals surface area contributed by atoms with Gasteiger partial charge in [-0.05, 0) is 81.2 Å². The van der Waals surface area contributed by atoms with Gasteiger partial charge >= 0.3 is 0 Å². The molecule has 4 nitrogen and oxygen atoms in total. The minimum absolute atomic E-state index is 0.811. The standard InChI is InChI=1S/C52H38N4/c1-35(53-55-49(45-27-11-19-37-15-3-7-23-41(37)45)31-32-50(55)46-28-12-20-38-16-4-8-24-42(38)46)36(2)54-56-51(47-29-13-21-39-17-5-9-25-43(39)47)33-34-52(56)48-30-14-22-40-18-6-10-26-44(40)48/h3-34H,1-2H3. The van der Waals surface area contributed by atoms with Crippen LogP contribution in [0.3, 0.4) is 0 Å². The smallest absolute Gasteiger partial charge is 0.0812 e. The molecule has 0 N–H and O–H groups in total. The van der Waals surface area contributed by atoms with Crippen LogP contribution in [0.5, 0.6) is 0 Å². The van der Waals surface area contributed by atoms with Crippen LogP contribution >= 0.6 is 0 Å². The lowest BCUT2D eigenvalue weighted by Crippen LogP contribution is -2.12. The van der Waals surface area contributed by atoms with Crippen molar-refractivity contribution in [3.8, 4) is 45.0 Å². The van der Waals surface area contributed by atoms with E-state index in [-0.39, 0.29) is 0 Å². The summed E-state index contributed by atoms with van der Waals surface area (Å²) in [7, 11) is 0. The molecule has 0 aliphatic heterocycles. The zero-order chi connectivity index (χ0) is 37.6. The van der Waals surface area contributed by atoms with E-state index in [2.05, 4.69) is 217 Å². The number of aromatic nitrogens is 2. The number of hydrogen-bond acceptors (Lipinski definition) is 2. The second-order valence-corrected chi connectivity index (χ2v) is 14.3. The SMILES string of the molecule is CC(=Nn1c(-c2cccc3ccccc23)ccc1-c1cccc2ccccc12)C(C)=Nn1c(-c2cccc3ccccc23)ccc1-c1cccc2ccccc12. The molecule has 0 radical (unpaired) electrons. The van der Waals surface area contributed by atoms with Crippen LogP contribution in [0, 0.1) is 0 Å². The van der Waals surface area contributed by atoms with Crippen LogP contribution in [-0.4, -0.2) is 20.8 Å². The summed E-state index contributed by atoms with van der Waals surface area (Å²) in [5, 5.41) is 20.4. The first kappa shape index (κ1) is 33.3. The van der Waals surface area contributed by atoms with Crippen molar-refractivity contribution in [2.75, 3.05) is 0 Å². The maximum Gasteiger partial charge on any atom is 0.0812 e. The summed E-state index contributed by atoms with van der Waals surface area (Å²) in [5.41, 5.74) is 10.2. The second-order valence-electron chi connectivity index (χ2n) is 14.3. The van der Waals surface area contributed by atoms with Crippen LogP contribution < -0.4 is 0 Å². The molecule has 4 heteroatoms. The predicted octanol–water partition coefficient (Wildman–Crippen LogP) is 13.7. The first-order valence-electron chi connectivity index (χ1n) is 19.1. The molecule has 0 aliphatic carbocycles. The van der Waals surface area contributed by atoms with Gasteiger partial charge in [0, 0.05) is 22.3 Å². The highest BCUT2D eigenvalue weighted by atomic mass is 15.4. The lowest BCUT2D eigenvalue weighted by Gasteiger charge is -2.15. The number of nitrogens with zero attached hydrogens (tertiary/aromatic N) is 4. The van der Waals surface area contributed by atoms with Crippen molar-refractivity contribution >= 4 is 54.5 Å². The molecule has 2 heterocycles. The lowest BCUT2D eigenvalue weighted by molar-refractivity contribution is 0.896. The highest BCUT2D eigenvalue weighted by Crippen LogP contribution is 2.38. The molecule has 0 unspecified atom stereocenters. The number of rotatable bonds is 7. The summed E-state index contributed by atoms with van der Waals surface area (Å²) < 4.78 is 4.23. The molecule has 10 aromatic rings. The molecule has 0 atom stereocenters. The van der Waals surface area contributed by atoms with Crippen molar-refractivity contribution in [1.29, 1.82) is 0 Å². The number of fused-ring (bicyclic) bond motifs is 4. The highest BCUT2D eigenvalue weighted by molar-refractivity contribution is 6.40. The Balaban J connectivity index is 1.19. The molecule has 0 saturated heterocycles. The largest absolute Gasteiger partial charge is 0.232 e. The summed E-state index contributed by atoms with van der Waals surface area (Å²) >= 11 is 0. The van der Waals surface area contributed by atoms with E-state index in [1.807, 2.05) is 0 Å². The van der Waals surface area contributed by atoms with Crippen molar-refractivity contribution in [3.05, 3.63) is 194 Å². The first-order valence-corrected chi connectivity index (χ1v) is 19.1. The molecule has 2 aromatic heterocycles. The number of hydrogen-bond donors (Lipinski definition) is 0. The maximum absolute atomic E-state index is 5.46. The molecule has 0 amide bonds. The van der Waals surface area contributed by atoms with Gasteiger partial charge in [0.05, 0.1) is 34.2 Å². The minimum Gasteiger partial charge on any atom is -0.232 e. The Labute approximate surface area is 325 Å². The van der Waals surface area contributed by atoms with Gasteiger partial charge in [-0.1, -0.05) is 170 Å². The molecular formula is C52H38N4. The Morgan fingerprint density at radius 1 is 0.286 bits per heavy atom. The Bertz CT molecular complexity index is 2740. The molecule has 0 bridgehead atoms. The predicted molar refractivity (Wildman–Crippen MR) is 238 cm³/mol. The third-order valence-corrected chi connectivity index (χ3v) is 11.0. The van der Waals surface area contributed by atoms with Crippen molar-refractivity contribution in [2.45, 2.75) is 13.8 Å². The van der Waals surface area contributed by atoms with Crippen LogP contribution in [0.4, 0.5) is 0 Å². The van der Waals surface area contributed by atoms with Crippen molar-refractivity contribution in [2.24, 2.45) is 10.2 Å². The fourth-order valence-electron chi connectivity index (χ4n) is 8.13. The van der Waals surface area contributed by atoms with E-state index in [1.165, 1.54) is 43.1 Å². The quantitative estimate of drug-likeness (QED) is 0.147. The third-order valence-electron chi connectivity index (χ3n) is 11.0. The van der Waals surface area contributed by atoms with Crippen LogP contribution in [0.1, 0.15) is 13.8 Å². The summed E-state index contributed by atoms with van der Waals surface area (Å²) in [6, 6.07) is 69.0. The normalized spacial score (nSPS) is 12.3. The van der Waals surface area contributed by atoms with Crippen LogP contribution in [0.15, 0.2) is 204 Å². The Hall–Kier alpha value is -7.30. The summed E-state index contributed by atoms with van der Waals surface area (Å²) in [6.45, 7) is 4.13. The summed E-state index contributed by atoms with van der Waals surface area (Å²) in [4.78, 5) is 0. The first-order chi connectivity index (χ1) is 27.6. The van der Waals surface area contributed by atoms with Gasteiger partial charge in [-0.2, -0.15) is 10.2 Å². The monoisotopic (exact) mass is 718 g/mol. The van der Waals surface area contributed by atoms with Crippen LogP contribution in [0.2, 0.25) is 0 Å². The Morgan fingerprint density at radius 2 is 0.518 bits per heavy atom. The number of benzene rings is 8. The van der Waals surface area contributed by atoms with Crippen molar-refractivity contribution in [3.63, 3.8) is 0 Å². The highest BCUT2D eigenvalue weighted by Gasteiger charge is 2.19. The van der Waals surface area contributed by atoms with E-state index in [0.29, 0.717) is 0 Å². The molecular weight excluding hydrogens is 681 g/mol.